The van der Waals surface area contributed by atoms with Crippen LogP contribution in [-0.2, 0) is 6.54 Å². The Bertz CT molecular complexity index is 1200. The lowest BCUT2D eigenvalue weighted by atomic mass is 10.2. The molecular formula is C22H24N8OS. The molecular weight excluding hydrogens is 424 g/mol. The van der Waals surface area contributed by atoms with E-state index >= 15 is 0 Å². The third-order valence-electron chi connectivity index (χ3n) is 4.73. The van der Waals surface area contributed by atoms with Crippen molar-refractivity contribution >= 4 is 29.3 Å². The fraction of sp³-hybridized carbons (Fsp3) is 0.227. The standard InChI is InChI=1S/C22H24N8OS/c1-4-30-19(16-12-8-9-13-17(16)31-3)28-29-22(30)32-14(2)18-25-20(23)27-21(26-18)24-15-10-6-5-7-11-15/h5-14H,4H2,1-3H3,(H3,23,24,25,26,27). The lowest BCUT2D eigenvalue weighted by Crippen LogP contribution is -2.09. The molecule has 1 atom stereocenters. The number of para-hydroxylation sites is 2. The van der Waals surface area contributed by atoms with Crippen molar-refractivity contribution in [3.63, 3.8) is 0 Å². The molecule has 0 bridgehead atoms. The van der Waals surface area contributed by atoms with Gasteiger partial charge in [0.05, 0.1) is 17.9 Å². The van der Waals surface area contributed by atoms with Crippen molar-refractivity contribution < 1.29 is 4.74 Å². The molecule has 164 valence electrons. The molecule has 9 nitrogen and oxygen atoms in total. The van der Waals surface area contributed by atoms with Crippen molar-refractivity contribution in [2.45, 2.75) is 30.8 Å². The quantitative estimate of drug-likeness (QED) is 0.380. The number of hydrogen-bond acceptors (Lipinski definition) is 9. The number of nitrogens with two attached hydrogens (primary N) is 1. The fourth-order valence-corrected chi connectivity index (χ4v) is 4.16. The zero-order valence-corrected chi connectivity index (χ0v) is 18.9. The summed E-state index contributed by atoms with van der Waals surface area (Å²) in [6.45, 7) is 4.76. The number of thioether (sulfide) groups is 1. The van der Waals surface area contributed by atoms with Gasteiger partial charge in [-0.15, -0.1) is 10.2 Å². The minimum Gasteiger partial charge on any atom is -0.496 e. The highest BCUT2D eigenvalue weighted by atomic mass is 32.2. The number of nitrogens with one attached hydrogen (secondary N) is 1. The fourth-order valence-electron chi connectivity index (χ4n) is 3.20. The van der Waals surface area contributed by atoms with E-state index in [1.807, 2.05) is 66.1 Å². The van der Waals surface area contributed by atoms with Gasteiger partial charge in [0, 0.05) is 12.2 Å². The largest absolute Gasteiger partial charge is 0.496 e. The van der Waals surface area contributed by atoms with Crippen LogP contribution in [0.25, 0.3) is 11.4 Å². The molecule has 2 aromatic carbocycles. The van der Waals surface area contributed by atoms with E-state index in [-0.39, 0.29) is 11.2 Å². The number of ether oxygens (including phenoxy) is 1. The molecule has 2 aromatic heterocycles. The van der Waals surface area contributed by atoms with Crippen LogP contribution in [0.15, 0.2) is 59.8 Å². The zero-order chi connectivity index (χ0) is 22.5. The Kier molecular flexibility index (Phi) is 6.50. The van der Waals surface area contributed by atoms with Crippen LogP contribution >= 0.6 is 11.8 Å². The first kappa shape index (κ1) is 21.6. The average Bonchev–Trinajstić information content (AvgIpc) is 3.21. The van der Waals surface area contributed by atoms with Crippen LogP contribution in [0, 0.1) is 0 Å². The SMILES string of the molecule is CCn1c(SC(C)c2nc(N)nc(Nc3ccccc3)n2)nnc1-c1ccccc1OC. The van der Waals surface area contributed by atoms with Crippen molar-refractivity contribution in [1.29, 1.82) is 0 Å². The number of rotatable bonds is 8. The first-order valence-corrected chi connectivity index (χ1v) is 11.0. The lowest BCUT2D eigenvalue weighted by molar-refractivity contribution is 0.416. The number of anilines is 3. The molecule has 0 aliphatic carbocycles. The van der Waals surface area contributed by atoms with Crippen LogP contribution in [0.2, 0.25) is 0 Å². The van der Waals surface area contributed by atoms with Crippen LogP contribution in [0.4, 0.5) is 17.6 Å². The Balaban J connectivity index is 1.59. The number of nitrogen functional groups attached to an aromatic ring is 1. The van der Waals surface area contributed by atoms with E-state index in [9.17, 15) is 0 Å². The van der Waals surface area contributed by atoms with Gasteiger partial charge < -0.3 is 20.4 Å². The average molecular weight is 449 g/mol. The maximum atomic E-state index is 5.95. The van der Waals surface area contributed by atoms with Gasteiger partial charge in [0.1, 0.15) is 11.6 Å². The Morgan fingerprint density at radius 1 is 1.03 bits per heavy atom. The van der Waals surface area contributed by atoms with E-state index in [0.717, 1.165) is 28.0 Å². The molecule has 0 saturated carbocycles. The molecule has 32 heavy (non-hydrogen) atoms. The Labute approximate surface area is 190 Å². The molecule has 0 saturated heterocycles. The first-order chi connectivity index (χ1) is 15.6. The third kappa shape index (κ3) is 4.65. The number of nitrogens with zero attached hydrogens (tertiary/aromatic N) is 6. The predicted octanol–water partition coefficient (Wildman–Crippen LogP) is 4.34. The number of methoxy groups -OCH3 is 1. The van der Waals surface area contributed by atoms with Crippen LogP contribution < -0.4 is 15.8 Å². The molecule has 0 fully saturated rings. The molecule has 4 aromatic rings. The second kappa shape index (κ2) is 9.65. The normalized spacial score (nSPS) is 11.8. The number of benzene rings is 2. The molecule has 1 unspecified atom stereocenters. The highest BCUT2D eigenvalue weighted by Gasteiger charge is 2.21. The van der Waals surface area contributed by atoms with Crippen molar-refractivity contribution in [3.05, 3.63) is 60.4 Å². The van der Waals surface area contributed by atoms with Gasteiger partial charge in [0.25, 0.3) is 0 Å². The molecule has 0 amide bonds. The van der Waals surface area contributed by atoms with Crippen molar-refractivity contribution in [2.24, 2.45) is 0 Å². The van der Waals surface area contributed by atoms with Crippen molar-refractivity contribution in [3.8, 4) is 17.1 Å². The van der Waals surface area contributed by atoms with Crippen LogP contribution in [0.3, 0.4) is 0 Å². The van der Waals surface area contributed by atoms with Gasteiger partial charge in [0.2, 0.25) is 11.9 Å². The molecule has 3 N–H and O–H groups in total. The summed E-state index contributed by atoms with van der Waals surface area (Å²) < 4.78 is 7.55. The minimum absolute atomic E-state index is 0.128. The molecule has 0 radical (unpaired) electrons. The summed E-state index contributed by atoms with van der Waals surface area (Å²) in [5.41, 5.74) is 7.72. The van der Waals surface area contributed by atoms with E-state index < -0.39 is 0 Å². The summed E-state index contributed by atoms with van der Waals surface area (Å²) in [7, 11) is 1.65. The van der Waals surface area contributed by atoms with E-state index in [1.165, 1.54) is 11.8 Å². The smallest absolute Gasteiger partial charge is 0.232 e. The van der Waals surface area contributed by atoms with Gasteiger partial charge in [-0.2, -0.15) is 15.0 Å². The summed E-state index contributed by atoms with van der Waals surface area (Å²) >= 11 is 1.51. The lowest BCUT2D eigenvalue weighted by Gasteiger charge is -2.13. The summed E-state index contributed by atoms with van der Waals surface area (Å²) in [4.78, 5) is 13.1. The van der Waals surface area contributed by atoms with Crippen LogP contribution in [0.1, 0.15) is 24.9 Å². The van der Waals surface area contributed by atoms with Gasteiger partial charge in [-0.05, 0) is 38.1 Å². The minimum atomic E-state index is -0.128. The molecule has 0 aliphatic rings. The van der Waals surface area contributed by atoms with E-state index in [1.54, 1.807) is 7.11 Å². The van der Waals surface area contributed by atoms with Gasteiger partial charge in [-0.25, -0.2) is 0 Å². The number of aromatic nitrogens is 6. The molecule has 10 heteroatoms. The number of hydrogen-bond donors (Lipinski definition) is 2. The summed E-state index contributed by atoms with van der Waals surface area (Å²) in [5.74, 6) is 2.62. The van der Waals surface area contributed by atoms with Gasteiger partial charge in [0.15, 0.2) is 11.0 Å². The maximum absolute atomic E-state index is 5.95. The Morgan fingerprint density at radius 2 is 1.78 bits per heavy atom. The molecule has 4 rings (SSSR count). The second-order valence-electron chi connectivity index (χ2n) is 6.88. The van der Waals surface area contributed by atoms with Gasteiger partial charge in [-0.1, -0.05) is 42.1 Å². The van der Waals surface area contributed by atoms with E-state index in [2.05, 4.69) is 37.4 Å². The van der Waals surface area contributed by atoms with E-state index in [0.29, 0.717) is 18.3 Å². The first-order valence-electron chi connectivity index (χ1n) is 10.2. The summed E-state index contributed by atoms with van der Waals surface area (Å²) in [6, 6.07) is 17.4. The van der Waals surface area contributed by atoms with Crippen LogP contribution in [0.5, 0.6) is 5.75 Å². The van der Waals surface area contributed by atoms with Crippen molar-refractivity contribution in [2.75, 3.05) is 18.2 Å². The summed E-state index contributed by atoms with van der Waals surface area (Å²) in [6.07, 6.45) is 0. The van der Waals surface area contributed by atoms with E-state index in [4.69, 9.17) is 10.5 Å². The molecule has 2 heterocycles. The topological polar surface area (TPSA) is 117 Å². The zero-order valence-electron chi connectivity index (χ0n) is 18.1. The maximum Gasteiger partial charge on any atom is 0.232 e. The monoisotopic (exact) mass is 448 g/mol. The highest BCUT2D eigenvalue weighted by Crippen LogP contribution is 2.36. The molecule has 0 spiro atoms. The van der Waals surface area contributed by atoms with Gasteiger partial charge >= 0.3 is 0 Å². The Morgan fingerprint density at radius 3 is 2.53 bits per heavy atom. The third-order valence-corrected chi connectivity index (χ3v) is 5.80. The summed E-state index contributed by atoms with van der Waals surface area (Å²) in [5, 5.41) is 12.6. The second-order valence-corrected chi connectivity index (χ2v) is 8.19. The van der Waals surface area contributed by atoms with Gasteiger partial charge in [-0.3, -0.25) is 0 Å². The van der Waals surface area contributed by atoms with Crippen molar-refractivity contribution in [1.82, 2.24) is 29.7 Å². The molecule has 0 aliphatic heterocycles. The predicted molar refractivity (Wildman–Crippen MR) is 126 cm³/mol. The highest BCUT2D eigenvalue weighted by molar-refractivity contribution is 7.99. The Hall–Kier alpha value is -3.66. The van der Waals surface area contributed by atoms with Crippen LogP contribution in [-0.4, -0.2) is 36.8 Å².